The van der Waals surface area contributed by atoms with Crippen molar-refractivity contribution in [3.63, 3.8) is 0 Å². The third kappa shape index (κ3) is 0.889. The molecule has 0 aliphatic heterocycles. The van der Waals surface area contributed by atoms with Gasteiger partial charge in [-0.1, -0.05) is 20.8 Å². The van der Waals surface area contributed by atoms with Crippen molar-refractivity contribution in [2.45, 2.75) is 46.5 Å². The zero-order chi connectivity index (χ0) is 6.91. The lowest BCUT2D eigenvalue weighted by Gasteiger charge is -2.56. The molecule has 0 heteroatoms. The third-order valence-corrected chi connectivity index (χ3v) is 3.11. The largest absolute Gasteiger partial charge is 0.0683 e. The zero-order valence-corrected chi connectivity index (χ0v) is 6.91. The Morgan fingerprint density at radius 2 is 1.44 bits per heavy atom. The predicted octanol–water partition coefficient (Wildman–Crippen LogP) is 3.22. The zero-order valence-electron chi connectivity index (χ0n) is 6.91. The normalized spacial score (nSPS) is 45.0. The lowest BCUT2D eigenvalue weighted by atomic mass is 9.49. The van der Waals surface area contributed by atoms with E-state index in [1.165, 1.54) is 25.7 Å². The second-order valence-corrected chi connectivity index (χ2v) is 3.43. The molecular weight excluding hydrogens is 108 g/mol. The van der Waals surface area contributed by atoms with E-state index >= 15 is 0 Å². The minimum atomic E-state index is 0.861. The number of fused-ring (bicyclic) bond motifs is 1. The van der Waals surface area contributed by atoms with E-state index in [0.717, 1.165) is 11.3 Å². The molecule has 0 aromatic carbocycles. The van der Waals surface area contributed by atoms with Crippen molar-refractivity contribution in [3.05, 3.63) is 0 Å². The lowest BCUT2D eigenvalue weighted by Crippen LogP contribution is -2.45. The molecule has 0 bridgehead atoms. The van der Waals surface area contributed by atoms with Crippen LogP contribution >= 0.6 is 0 Å². The quantitative estimate of drug-likeness (QED) is 0.467. The van der Waals surface area contributed by atoms with E-state index in [2.05, 4.69) is 6.92 Å². The van der Waals surface area contributed by atoms with Gasteiger partial charge >= 0.3 is 0 Å². The molecule has 0 N–H and O–H groups in total. The summed E-state index contributed by atoms with van der Waals surface area (Å²) in [6.45, 7) is 6.44. The van der Waals surface area contributed by atoms with Crippen LogP contribution in [0.25, 0.3) is 0 Å². The van der Waals surface area contributed by atoms with Gasteiger partial charge in [0.25, 0.3) is 0 Å². The minimum Gasteiger partial charge on any atom is -0.0683 e. The first-order valence-electron chi connectivity index (χ1n) is 4.31. The fourth-order valence-corrected chi connectivity index (χ4v) is 1.95. The summed E-state index contributed by atoms with van der Waals surface area (Å²) in [4.78, 5) is 0. The Kier molecular flexibility index (Phi) is 1.83. The van der Waals surface area contributed by atoms with Crippen LogP contribution in [0.2, 0.25) is 0 Å². The molecule has 0 amide bonds. The monoisotopic (exact) mass is 126 g/mol. The van der Waals surface area contributed by atoms with Crippen LogP contribution in [0, 0.1) is 11.3 Å². The molecule has 2 aliphatic carbocycles. The molecule has 0 heterocycles. The maximum atomic E-state index is 2.44. The molecular formula is C9H18. The first kappa shape index (κ1) is 7.11. The molecule has 0 unspecified atom stereocenters. The predicted molar refractivity (Wildman–Crippen MR) is 41.4 cm³/mol. The Labute approximate surface area is 58.7 Å². The fraction of sp³-hybridized carbons (Fsp3) is 1.00. The molecule has 2 rings (SSSR count). The van der Waals surface area contributed by atoms with Gasteiger partial charge in [0.2, 0.25) is 0 Å². The highest BCUT2D eigenvalue weighted by atomic mass is 14.5. The SMILES string of the molecule is CC.CC12CCC1CC2. The molecule has 2 saturated carbocycles. The van der Waals surface area contributed by atoms with Crippen LogP contribution in [0.1, 0.15) is 46.5 Å². The van der Waals surface area contributed by atoms with Gasteiger partial charge in [0.15, 0.2) is 0 Å². The van der Waals surface area contributed by atoms with Crippen molar-refractivity contribution in [3.8, 4) is 0 Å². The highest BCUT2D eigenvalue weighted by Gasteiger charge is 2.49. The van der Waals surface area contributed by atoms with Crippen molar-refractivity contribution in [2.24, 2.45) is 11.3 Å². The first-order valence-corrected chi connectivity index (χ1v) is 4.31. The maximum Gasteiger partial charge on any atom is -0.0297 e. The molecule has 0 aromatic rings. The lowest BCUT2D eigenvalue weighted by molar-refractivity contribution is -0.0561. The molecule has 2 aliphatic rings. The van der Waals surface area contributed by atoms with Crippen molar-refractivity contribution in [1.29, 1.82) is 0 Å². The van der Waals surface area contributed by atoms with E-state index < -0.39 is 0 Å². The van der Waals surface area contributed by atoms with Gasteiger partial charge in [0.05, 0.1) is 0 Å². The van der Waals surface area contributed by atoms with E-state index in [4.69, 9.17) is 0 Å². The van der Waals surface area contributed by atoms with Gasteiger partial charge < -0.3 is 0 Å². The smallest absolute Gasteiger partial charge is 0.0297 e. The maximum absolute atomic E-state index is 2.44. The van der Waals surface area contributed by atoms with Crippen LogP contribution in [0.5, 0.6) is 0 Å². The van der Waals surface area contributed by atoms with Gasteiger partial charge in [0.1, 0.15) is 0 Å². The summed E-state index contributed by atoms with van der Waals surface area (Å²) in [5.41, 5.74) is 0.861. The first-order chi connectivity index (χ1) is 4.31. The van der Waals surface area contributed by atoms with Gasteiger partial charge in [0, 0.05) is 0 Å². The Bertz CT molecular complexity index is 86.2. The highest BCUT2D eigenvalue weighted by molar-refractivity contribution is 4.99. The summed E-state index contributed by atoms with van der Waals surface area (Å²) in [5, 5.41) is 0. The molecule has 0 aromatic heterocycles. The summed E-state index contributed by atoms with van der Waals surface area (Å²) in [5.74, 6) is 1.16. The molecule has 0 atom stereocenters. The van der Waals surface area contributed by atoms with Gasteiger partial charge in [-0.15, -0.1) is 0 Å². The Balaban J connectivity index is 0.000000186. The van der Waals surface area contributed by atoms with Crippen molar-refractivity contribution < 1.29 is 0 Å². The van der Waals surface area contributed by atoms with E-state index in [-0.39, 0.29) is 0 Å². The van der Waals surface area contributed by atoms with E-state index in [1.807, 2.05) is 13.8 Å². The van der Waals surface area contributed by atoms with Crippen LogP contribution in [-0.4, -0.2) is 0 Å². The standard InChI is InChI=1S/C7H12.C2H6/c1-7-4-2-6(7)3-5-7;1-2/h6H,2-5H2,1H3;1-2H3. The molecule has 0 radical (unpaired) electrons. The average molecular weight is 126 g/mol. The molecule has 0 nitrogen and oxygen atoms in total. The van der Waals surface area contributed by atoms with E-state index in [1.54, 1.807) is 0 Å². The van der Waals surface area contributed by atoms with Gasteiger partial charge in [-0.3, -0.25) is 0 Å². The van der Waals surface area contributed by atoms with Crippen LogP contribution in [0.3, 0.4) is 0 Å². The van der Waals surface area contributed by atoms with Gasteiger partial charge in [-0.25, -0.2) is 0 Å². The molecule has 0 saturated heterocycles. The summed E-state index contributed by atoms with van der Waals surface area (Å²) in [6, 6.07) is 0. The van der Waals surface area contributed by atoms with Crippen molar-refractivity contribution in [1.82, 2.24) is 0 Å². The number of hydrogen-bond acceptors (Lipinski definition) is 0. The molecule has 54 valence electrons. The van der Waals surface area contributed by atoms with E-state index in [9.17, 15) is 0 Å². The summed E-state index contributed by atoms with van der Waals surface area (Å²) >= 11 is 0. The molecule has 9 heavy (non-hydrogen) atoms. The van der Waals surface area contributed by atoms with Crippen LogP contribution in [-0.2, 0) is 0 Å². The van der Waals surface area contributed by atoms with Gasteiger partial charge in [-0.2, -0.15) is 0 Å². The second-order valence-electron chi connectivity index (χ2n) is 3.43. The van der Waals surface area contributed by atoms with Crippen LogP contribution < -0.4 is 0 Å². The fourth-order valence-electron chi connectivity index (χ4n) is 1.95. The Morgan fingerprint density at radius 3 is 1.44 bits per heavy atom. The minimum absolute atomic E-state index is 0.861. The van der Waals surface area contributed by atoms with Crippen molar-refractivity contribution in [2.75, 3.05) is 0 Å². The van der Waals surface area contributed by atoms with E-state index in [0.29, 0.717) is 0 Å². The van der Waals surface area contributed by atoms with Gasteiger partial charge in [-0.05, 0) is 37.0 Å². The van der Waals surface area contributed by atoms with Crippen LogP contribution in [0.15, 0.2) is 0 Å². The van der Waals surface area contributed by atoms with Crippen LogP contribution in [0.4, 0.5) is 0 Å². The molecule has 2 fully saturated rings. The molecule has 0 spiro atoms. The topological polar surface area (TPSA) is 0 Å². The second kappa shape index (κ2) is 2.32. The van der Waals surface area contributed by atoms with Crippen molar-refractivity contribution >= 4 is 0 Å². The number of rotatable bonds is 0. The Morgan fingerprint density at radius 1 is 1.11 bits per heavy atom. The number of hydrogen-bond donors (Lipinski definition) is 0. The summed E-state index contributed by atoms with van der Waals surface area (Å²) in [7, 11) is 0. The average Bonchev–Trinajstić information content (AvgIpc) is 1.92. The third-order valence-electron chi connectivity index (χ3n) is 3.11. The Hall–Kier alpha value is 0. The summed E-state index contributed by atoms with van der Waals surface area (Å²) in [6.07, 6.45) is 6.13. The highest BCUT2D eigenvalue weighted by Crippen LogP contribution is 2.60. The summed E-state index contributed by atoms with van der Waals surface area (Å²) < 4.78 is 0.